The molecule has 1 atom stereocenters. The highest BCUT2D eigenvalue weighted by molar-refractivity contribution is 5.65. The van der Waals surface area contributed by atoms with E-state index >= 15 is 0 Å². The molecular weight excluding hydrogens is 211 g/mol. The van der Waals surface area contributed by atoms with Crippen LogP contribution >= 0.6 is 0 Å². The van der Waals surface area contributed by atoms with Crippen molar-refractivity contribution in [1.82, 2.24) is 9.80 Å². The van der Waals surface area contributed by atoms with Crippen LogP contribution in [0.2, 0.25) is 0 Å². The lowest BCUT2D eigenvalue weighted by Crippen LogP contribution is -2.45. The van der Waals surface area contributed by atoms with Gasteiger partial charge in [0.2, 0.25) is 0 Å². The van der Waals surface area contributed by atoms with Crippen LogP contribution in [0.1, 0.15) is 25.7 Å². The van der Waals surface area contributed by atoms with E-state index in [2.05, 4.69) is 4.90 Å². The standard InChI is InChI=1S/C11H19FN2O2/c12-9-3-6-13(7-4-9)8-10-2-1-5-14(10)11(15)16/h9-10H,1-8H2,(H,15,16). The molecule has 0 bridgehead atoms. The van der Waals surface area contributed by atoms with Crippen molar-refractivity contribution in [3.8, 4) is 0 Å². The Hall–Kier alpha value is -0.840. The predicted molar refractivity (Wildman–Crippen MR) is 58.3 cm³/mol. The molecule has 2 aliphatic heterocycles. The van der Waals surface area contributed by atoms with Gasteiger partial charge in [0, 0.05) is 32.2 Å². The van der Waals surface area contributed by atoms with Gasteiger partial charge in [-0.05, 0) is 25.7 Å². The fraction of sp³-hybridized carbons (Fsp3) is 0.909. The van der Waals surface area contributed by atoms with Crippen molar-refractivity contribution in [2.75, 3.05) is 26.2 Å². The molecule has 2 rings (SSSR count). The van der Waals surface area contributed by atoms with Crippen LogP contribution in [0.25, 0.3) is 0 Å². The smallest absolute Gasteiger partial charge is 0.407 e. The molecule has 0 aromatic rings. The Bertz CT molecular complexity index is 254. The summed E-state index contributed by atoms with van der Waals surface area (Å²) in [5, 5.41) is 9.00. The number of alkyl halides is 1. The maximum atomic E-state index is 12.9. The van der Waals surface area contributed by atoms with Crippen LogP contribution < -0.4 is 0 Å². The summed E-state index contributed by atoms with van der Waals surface area (Å²) in [4.78, 5) is 14.7. The third kappa shape index (κ3) is 2.64. The molecule has 92 valence electrons. The Morgan fingerprint density at radius 3 is 2.56 bits per heavy atom. The first-order chi connectivity index (χ1) is 7.66. The first-order valence-electron chi connectivity index (χ1n) is 6.03. The molecule has 1 unspecified atom stereocenters. The maximum absolute atomic E-state index is 12.9. The monoisotopic (exact) mass is 230 g/mol. The van der Waals surface area contributed by atoms with Gasteiger partial charge < -0.3 is 14.9 Å². The Morgan fingerprint density at radius 2 is 1.94 bits per heavy atom. The first-order valence-corrected chi connectivity index (χ1v) is 6.03. The van der Waals surface area contributed by atoms with Crippen LogP contribution in [0.5, 0.6) is 0 Å². The molecule has 0 aliphatic carbocycles. The Labute approximate surface area is 95.0 Å². The fourth-order valence-corrected chi connectivity index (χ4v) is 2.66. The SMILES string of the molecule is O=C(O)N1CCCC1CN1CCC(F)CC1. The molecule has 4 nitrogen and oxygen atoms in total. The number of piperidine rings is 1. The highest BCUT2D eigenvalue weighted by atomic mass is 19.1. The Kier molecular flexibility index (Phi) is 3.63. The lowest BCUT2D eigenvalue weighted by molar-refractivity contribution is 0.104. The van der Waals surface area contributed by atoms with Gasteiger partial charge in [-0.15, -0.1) is 0 Å². The van der Waals surface area contributed by atoms with Gasteiger partial charge in [0.25, 0.3) is 0 Å². The highest BCUT2D eigenvalue weighted by Crippen LogP contribution is 2.20. The Morgan fingerprint density at radius 1 is 1.25 bits per heavy atom. The van der Waals surface area contributed by atoms with Crippen molar-refractivity contribution in [2.24, 2.45) is 0 Å². The van der Waals surface area contributed by atoms with E-state index in [1.807, 2.05) is 0 Å². The van der Waals surface area contributed by atoms with Gasteiger partial charge in [-0.1, -0.05) is 0 Å². The number of nitrogens with zero attached hydrogens (tertiary/aromatic N) is 2. The van der Waals surface area contributed by atoms with Gasteiger partial charge in [-0.2, -0.15) is 0 Å². The minimum Gasteiger partial charge on any atom is -0.465 e. The molecule has 0 aromatic carbocycles. The lowest BCUT2D eigenvalue weighted by Gasteiger charge is -2.32. The number of hydrogen-bond donors (Lipinski definition) is 1. The number of likely N-dealkylation sites (tertiary alicyclic amines) is 2. The molecule has 0 spiro atoms. The van der Waals surface area contributed by atoms with Crippen molar-refractivity contribution in [3.63, 3.8) is 0 Å². The number of carbonyl (C=O) groups is 1. The second-order valence-corrected chi connectivity index (χ2v) is 4.75. The van der Waals surface area contributed by atoms with E-state index < -0.39 is 12.3 Å². The topological polar surface area (TPSA) is 43.8 Å². The van der Waals surface area contributed by atoms with E-state index in [4.69, 9.17) is 5.11 Å². The lowest BCUT2D eigenvalue weighted by atomic mass is 10.1. The van der Waals surface area contributed by atoms with E-state index in [0.717, 1.165) is 32.5 Å². The molecule has 0 aromatic heterocycles. The molecule has 5 heteroatoms. The zero-order chi connectivity index (χ0) is 11.5. The van der Waals surface area contributed by atoms with Crippen molar-refractivity contribution in [1.29, 1.82) is 0 Å². The van der Waals surface area contributed by atoms with Crippen LogP contribution in [-0.2, 0) is 0 Å². The number of hydrogen-bond acceptors (Lipinski definition) is 2. The van der Waals surface area contributed by atoms with Gasteiger partial charge in [-0.3, -0.25) is 0 Å². The first kappa shape index (κ1) is 11.6. The molecule has 1 N–H and O–H groups in total. The largest absolute Gasteiger partial charge is 0.465 e. The predicted octanol–water partition coefficient (Wildman–Crippen LogP) is 1.56. The number of carboxylic acid groups (broad SMARTS) is 1. The normalized spacial score (nSPS) is 28.6. The van der Waals surface area contributed by atoms with E-state index in [9.17, 15) is 9.18 Å². The summed E-state index contributed by atoms with van der Waals surface area (Å²) in [6.45, 7) is 2.97. The van der Waals surface area contributed by atoms with Crippen molar-refractivity contribution in [3.05, 3.63) is 0 Å². The molecule has 2 saturated heterocycles. The van der Waals surface area contributed by atoms with Crippen LogP contribution in [0.3, 0.4) is 0 Å². The van der Waals surface area contributed by atoms with Crippen molar-refractivity contribution in [2.45, 2.75) is 37.9 Å². The summed E-state index contributed by atoms with van der Waals surface area (Å²) >= 11 is 0. The molecule has 16 heavy (non-hydrogen) atoms. The molecule has 0 saturated carbocycles. The minimum atomic E-state index is -0.817. The molecule has 2 fully saturated rings. The summed E-state index contributed by atoms with van der Waals surface area (Å²) in [5.74, 6) is 0. The third-order valence-electron chi connectivity index (χ3n) is 3.61. The van der Waals surface area contributed by atoms with Crippen molar-refractivity contribution < 1.29 is 14.3 Å². The van der Waals surface area contributed by atoms with Gasteiger partial charge in [0.05, 0.1) is 0 Å². The summed E-state index contributed by atoms with van der Waals surface area (Å²) in [7, 11) is 0. The molecular formula is C11H19FN2O2. The minimum absolute atomic E-state index is 0.119. The molecule has 2 aliphatic rings. The average Bonchev–Trinajstić information content (AvgIpc) is 2.69. The van der Waals surface area contributed by atoms with Gasteiger partial charge >= 0.3 is 6.09 Å². The quantitative estimate of drug-likeness (QED) is 0.783. The zero-order valence-electron chi connectivity index (χ0n) is 9.44. The van der Waals surface area contributed by atoms with Gasteiger partial charge in [0.15, 0.2) is 0 Å². The van der Waals surface area contributed by atoms with E-state index in [-0.39, 0.29) is 6.04 Å². The molecule has 1 amide bonds. The van der Waals surface area contributed by atoms with Crippen LogP contribution in [0.4, 0.5) is 9.18 Å². The van der Waals surface area contributed by atoms with Gasteiger partial charge in [0.1, 0.15) is 6.17 Å². The zero-order valence-corrected chi connectivity index (χ0v) is 9.44. The second kappa shape index (κ2) is 4.99. The van der Waals surface area contributed by atoms with E-state index in [0.29, 0.717) is 19.4 Å². The van der Waals surface area contributed by atoms with Crippen LogP contribution in [-0.4, -0.2) is 59.4 Å². The number of halogens is 1. The Balaban J connectivity index is 1.82. The van der Waals surface area contributed by atoms with Crippen molar-refractivity contribution >= 4 is 6.09 Å². The highest BCUT2D eigenvalue weighted by Gasteiger charge is 2.30. The third-order valence-corrected chi connectivity index (χ3v) is 3.61. The fourth-order valence-electron chi connectivity index (χ4n) is 2.66. The number of rotatable bonds is 2. The van der Waals surface area contributed by atoms with E-state index in [1.54, 1.807) is 0 Å². The van der Waals surface area contributed by atoms with Gasteiger partial charge in [-0.25, -0.2) is 9.18 Å². The molecule has 2 heterocycles. The molecule has 0 radical (unpaired) electrons. The summed E-state index contributed by atoms with van der Waals surface area (Å²) in [6.07, 6.45) is 1.62. The van der Waals surface area contributed by atoms with Crippen LogP contribution in [0.15, 0.2) is 0 Å². The van der Waals surface area contributed by atoms with Crippen LogP contribution in [0, 0.1) is 0 Å². The number of amides is 1. The summed E-state index contributed by atoms with van der Waals surface area (Å²) < 4.78 is 12.9. The van der Waals surface area contributed by atoms with E-state index in [1.165, 1.54) is 4.90 Å². The average molecular weight is 230 g/mol. The summed E-state index contributed by atoms with van der Waals surface area (Å²) in [6, 6.07) is 0.119. The maximum Gasteiger partial charge on any atom is 0.407 e. The second-order valence-electron chi connectivity index (χ2n) is 4.75. The summed E-state index contributed by atoms with van der Waals surface area (Å²) in [5.41, 5.74) is 0.